The topological polar surface area (TPSA) is 96.2 Å². The second-order valence-corrected chi connectivity index (χ2v) is 8.19. The number of rotatable bonds is 5. The van der Waals surface area contributed by atoms with Crippen LogP contribution in [0.1, 0.15) is 33.2 Å². The zero-order valence-electron chi connectivity index (χ0n) is 18.7. The first-order valence-electron chi connectivity index (χ1n) is 11.3. The molecule has 2 aliphatic rings. The Labute approximate surface area is 192 Å². The van der Waals surface area contributed by atoms with Crippen LogP contribution >= 0.6 is 0 Å². The van der Waals surface area contributed by atoms with Crippen molar-refractivity contribution in [3.8, 4) is 0 Å². The lowest BCUT2D eigenvalue weighted by molar-refractivity contribution is -0.384. The number of carbonyl (C=O) groups is 2. The average Bonchev–Trinajstić information content (AvgIpc) is 2.88. The minimum atomic E-state index is -0.486. The summed E-state index contributed by atoms with van der Waals surface area (Å²) >= 11 is 0. The summed E-state index contributed by atoms with van der Waals surface area (Å²) in [5, 5.41) is 11.3. The Balaban J connectivity index is 1.48. The van der Waals surface area contributed by atoms with E-state index in [1.165, 1.54) is 17.7 Å². The number of anilines is 1. The normalized spacial score (nSPS) is 16.6. The van der Waals surface area contributed by atoms with Crippen molar-refractivity contribution in [2.75, 3.05) is 57.4 Å². The standard InChI is InChI=1S/C24H28N4O5/c1-2-18-3-5-19(6-4-18)23(29)26-9-11-27(12-10-26)24(30)21-17-20(28(31)32)7-8-22(21)25-13-15-33-16-14-25/h3-8,17H,2,9-16H2,1H3. The molecule has 0 atom stereocenters. The molecular weight excluding hydrogens is 424 g/mol. The first kappa shape index (κ1) is 22.7. The molecule has 0 aromatic heterocycles. The number of hydrogen-bond donors (Lipinski definition) is 0. The second kappa shape index (κ2) is 9.99. The minimum Gasteiger partial charge on any atom is -0.378 e. The monoisotopic (exact) mass is 452 g/mol. The summed E-state index contributed by atoms with van der Waals surface area (Å²) in [5.41, 5.74) is 2.71. The van der Waals surface area contributed by atoms with Crippen LogP contribution in [0.25, 0.3) is 0 Å². The summed E-state index contributed by atoms with van der Waals surface area (Å²) in [4.78, 5) is 42.6. The summed E-state index contributed by atoms with van der Waals surface area (Å²) in [6, 6.07) is 12.1. The lowest BCUT2D eigenvalue weighted by Gasteiger charge is -2.36. The Hall–Kier alpha value is -3.46. The fraction of sp³-hybridized carbons (Fsp3) is 0.417. The number of morpholine rings is 1. The van der Waals surface area contributed by atoms with E-state index in [1.54, 1.807) is 15.9 Å². The van der Waals surface area contributed by atoms with Crippen molar-refractivity contribution < 1.29 is 19.2 Å². The van der Waals surface area contributed by atoms with E-state index >= 15 is 0 Å². The smallest absolute Gasteiger partial charge is 0.270 e. The SMILES string of the molecule is CCc1ccc(C(=O)N2CCN(C(=O)c3cc([N+](=O)[O-])ccc3N3CCOCC3)CC2)cc1. The van der Waals surface area contributed by atoms with Crippen molar-refractivity contribution in [3.05, 3.63) is 69.3 Å². The van der Waals surface area contributed by atoms with Gasteiger partial charge in [-0.15, -0.1) is 0 Å². The Morgan fingerprint density at radius 1 is 0.909 bits per heavy atom. The molecule has 9 heteroatoms. The van der Waals surface area contributed by atoms with Gasteiger partial charge in [0.05, 0.1) is 29.4 Å². The van der Waals surface area contributed by atoms with E-state index in [0.29, 0.717) is 69.3 Å². The van der Waals surface area contributed by atoms with Crippen LogP contribution in [0, 0.1) is 10.1 Å². The number of non-ortho nitro benzene ring substituents is 1. The molecule has 9 nitrogen and oxygen atoms in total. The van der Waals surface area contributed by atoms with E-state index in [1.807, 2.05) is 29.2 Å². The lowest BCUT2D eigenvalue weighted by atomic mass is 10.1. The molecular formula is C24H28N4O5. The number of piperazine rings is 1. The highest BCUT2D eigenvalue weighted by atomic mass is 16.6. The summed E-state index contributed by atoms with van der Waals surface area (Å²) in [5.74, 6) is -0.298. The lowest BCUT2D eigenvalue weighted by Crippen LogP contribution is -2.51. The van der Waals surface area contributed by atoms with Crippen LogP contribution in [0.5, 0.6) is 0 Å². The van der Waals surface area contributed by atoms with Gasteiger partial charge in [-0.05, 0) is 30.2 Å². The number of hydrogen-bond acceptors (Lipinski definition) is 6. The molecule has 0 bridgehead atoms. The van der Waals surface area contributed by atoms with Crippen LogP contribution in [0.2, 0.25) is 0 Å². The van der Waals surface area contributed by atoms with E-state index in [-0.39, 0.29) is 17.5 Å². The number of carbonyl (C=O) groups excluding carboxylic acids is 2. The third-order valence-electron chi connectivity index (χ3n) is 6.24. The molecule has 0 saturated carbocycles. The number of amides is 2. The van der Waals surface area contributed by atoms with Crippen LogP contribution in [0.3, 0.4) is 0 Å². The van der Waals surface area contributed by atoms with Gasteiger partial charge in [-0.3, -0.25) is 19.7 Å². The second-order valence-electron chi connectivity index (χ2n) is 8.19. The zero-order chi connectivity index (χ0) is 23.4. The van der Waals surface area contributed by atoms with E-state index in [0.717, 1.165) is 6.42 Å². The largest absolute Gasteiger partial charge is 0.378 e. The van der Waals surface area contributed by atoms with Crippen molar-refractivity contribution in [3.63, 3.8) is 0 Å². The van der Waals surface area contributed by atoms with Gasteiger partial charge >= 0.3 is 0 Å². The van der Waals surface area contributed by atoms with Crippen LogP contribution in [0.15, 0.2) is 42.5 Å². The maximum atomic E-state index is 13.4. The molecule has 2 heterocycles. The van der Waals surface area contributed by atoms with E-state index in [2.05, 4.69) is 6.92 Å². The highest BCUT2D eigenvalue weighted by Gasteiger charge is 2.29. The molecule has 2 amide bonds. The van der Waals surface area contributed by atoms with Crippen LogP contribution in [-0.2, 0) is 11.2 Å². The molecule has 174 valence electrons. The van der Waals surface area contributed by atoms with Crippen molar-refractivity contribution in [1.29, 1.82) is 0 Å². The van der Waals surface area contributed by atoms with Gasteiger partial charge in [-0.1, -0.05) is 19.1 Å². The van der Waals surface area contributed by atoms with Gasteiger partial charge < -0.3 is 19.4 Å². The van der Waals surface area contributed by atoms with Gasteiger partial charge in [-0.2, -0.15) is 0 Å². The number of nitro benzene ring substituents is 1. The Bertz CT molecular complexity index is 1030. The Morgan fingerprint density at radius 3 is 2.09 bits per heavy atom. The third-order valence-corrected chi connectivity index (χ3v) is 6.24. The summed E-state index contributed by atoms with van der Waals surface area (Å²) in [6.45, 7) is 6.00. The van der Waals surface area contributed by atoms with Crippen molar-refractivity contribution in [2.45, 2.75) is 13.3 Å². The molecule has 2 aromatic rings. The van der Waals surface area contributed by atoms with Crippen LogP contribution < -0.4 is 4.90 Å². The van der Waals surface area contributed by atoms with Gasteiger partial charge in [0, 0.05) is 57.0 Å². The molecule has 0 radical (unpaired) electrons. The van der Waals surface area contributed by atoms with Crippen molar-refractivity contribution in [2.24, 2.45) is 0 Å². The fourth-order valence-corrected chi connectivity index (χ4v) is 4.24. The molecule has 0 aliphatic carbocycles. The summed E-state index contributed by atoms with van der Waals surface area (Å²) < 4.78 is 5.40. The number of nitro groups is 1. The highest BCUT2D eigenvalue weighted by Crippen LogP contribution is 2.28. The molecule has 2 aromatic carbocycles. The number of benzene rings is 2. The molecule has 0 spiro atoms. The zero-order valence-corrected chi connectivity index (χ0v) is 18.7. The van der Waals surface area contributed by atoms with Crippen LogP contribution in [-0.4, -0.2) is 79.0 Å². The number of nitrogens with zero attached hydrogens (tertiary/aromatic N) is 4. The molecule has 2 aliphatic heterocycles. The summed E-state index contributed by atoms with van der Waals surface area (Å²) in [6.07, 6.45) is 0.916. The maximum Gasteiger partial charge on any atom is 0.270 e. The van der Waals surface area contributed by atoms with Crippen molar-refractivity contribution >= 4 is 23.2 Å². The average molecular weight is 453 g/mol. The Kier molecular flexibility index (Phi) is 6.88. The summed E-state index contributed by atoms with van der Waals surface area (Å²) in [7, 11) is 0. The van der Waals surface area contributed by atoms with Crippen molar-refractivity contribution in [1.82, 2.24) is 9.80 Å². The van der Waals surface area contributed by atoms with E-state index in [9.17, 15) is 19.7 Å². The number of aryl methyl sites for hydroxylation is 1. The minimum absolute atomic E-state index is 0.0471. The van der Waals surface area contributed by atoms with Gasteiger partial charge in [0.15, 0.2) is 0 Å². The maximum absolute atomic E-state index is 13.4. The molecule has 2 saturated heterocycles. The third kappa shape index (κ3) is 4.98. The Morgan fingerprint density at radius 2 is 1.52 bits per heavy atom. The van der Waals surface area contributed by atoms with Gasteiger partial charge in [0.1, 0.15) is 0 Å². The quantitative estimate of drug-likeness (QED) is 0.511. The molecule has 2 fully saturated rings. The predicted octanol–water partition coefficient (Wildman–Crippen LogP) is 2.59. The first-order chi connectivity index (χ1) is 16.0. The highest BCUT2D eigenvalue weighted by molar-refractivity contribution is 6.01. The molecule has 33 heavy (non-hydrogen) atoms. The fourth-order valence-electron chi connectivity index (χ4n) is 4.24. The molecule has 0 unspecified atom stereocenters. The van der Waals surface area contributed by atoms with Gasteiger partial charge in [0.2, 0.25) is 0 Å². The predicted molar refractivity (Wildman–Crippen MR) is 124 cm³/mol. The van der Waals surface area contributed by atoms with E-state index in [4.69, 9.17) is 4.74 Å². The number of ether oxygens (including phenoxy) is 1. The molecule has 0 N–H and O–H groups in total. The molecule has 4 rings (SSSR count). The van der Waals surface area contributed by atoms with E-state index < -0.39 is 4.92 Å². The first-order valence-corrected chi connectivity index (χ1v) is 11.3. The van der Waals surface area contributed by atoms with Gasteiger partial charge in [0.25, 0.3) is 17.5 Å². The van der Waals surface area contributed by atoms with Crippen LogP contribution in [0.4, 0.5) is 11.4 Å². The van der Waals surface area contributed by atoms with Gasteiger partial charge in [-0.25, -0.2) is 0 Å².